The molecule has 2 aromatic rings. The minimum Gasteiger partial charge on any atom is -0.497 e. The summed E-state index contributed by atoms with van der Waals surface area (Å²) in [6.45, 7) is 3.59. The van der Waals surface area contributed by atoms with Crippen LogP contribution in [0.15, 0.2) is 54.6 Å². The van der Waals surface area contributed by atoms with E-state index in [9.17, 15) is 4.79 Å². The van der Waals surface area contributed by atoms with Gasteiger partial charge in [-0.2, -0.15) is 0 Å². The molecule has 0 spiro atoms. The van der Waals surface area contributed by atoms with E-state index in [0.717, 1.165) is 37.5 Å². The van der Waals surface area contributed by atoms with Gasteiger partial charge in [0.1, 0.15) is 5.75 Å². The number of carbonyl (C=O) groups is 1. The van der Waals surface area contributed by atoms with Crippen molar-refractivity contribution >= 4 is 5.91 Å². The van der Waals surface area contributed by atoms with Gasteiger partial charge in [-0.05, 0) is 55.4 Å². The van der Waals surface area contributed by atoms with E-state index in [0.29, 0.717) is 12.0 Å². The number of benzene rings is 2. The van der Waals surface area contributed by atoms with Crippen molar-refractivity contribution in [3.8, 4) is 5.75 Å². The highest BCUT2D eigenvalue weighted by atomic mass is 16.5. The molecule has 1 aliphatic heterocycles. The third-order valence-corrected chi connectivity index (χ3v) is 6.40. The highest BCUT2D eigenvalue weighted by Gasteiger charge is 2.30. The SMILES string of the molecule is COc1cccc(C(=O)N2CCN(C3CCC(c4ccccc4)CC3)CC2)c1. The molecule has 0 aromatic heterocycles. The molecule has 4 heteroatoms. The molecule has 2 aromatic carbocycles. The molecule has 0 radical (unpaired) electrons. The second-order valence-electron chi connectivity index (χ2n) is 7.98. The first-order valence-corrected chi connectivity index (χ1v) is 10.5. The first kappa shape index (κ1) is 19.0. The van der Waals surface area contributed by atoms with Crippen LogP contribution in [0.25, 0.3) is 0 Å². The zero-order valence-electron chi connectivity index (χ0n) is 16.7. The Morgan fingerprint density at radius 3 is 2.29 bits per heavy atom. The van der Waals surface area contributed by atoms with E-state index in [2.05, 4.69) is 35.2 Å². The molecule has 1 aliphatic carbocycles. The summed E-state index contributed by atoms with van der Waals surface area (Å²) in [5, 5.41) is 0. The first-order valence-electron chi connectivity index (χ1n) is 10.5. The van der Waals surface area contributed by atoms with E-state index in [-0.39, 0.29) is 5.91 Å². The fourth-order valence-electron chi connectivity index (χ4n) is 4.73. The lowest BCUT2D eigenvalue weighted by molar-refractivity contribution is 0.0514. The van der Waals surface area contributed by atoms with E-state index in [1.54, 1.807) is 7.11 Å². The predicted molar refractivity (Wildman–Crippen MR) is 112 cm³/mol. The summed E-state index contributed by atoms with van der Waals surface area (Å²) in [5.41, 5.74) is 2.21. The summed E-state index contributed by atoms with van der Waals surface area (Å²) < 4.78 is 5.25. The zero-order chi connectivity index (χ0) is 19.3. The monoisotopic (exact) mass is 378 g/mol. The van der Waals surface area contributed by atoms with Crippen LogP contribution in [0.3, 0.4) is 0 Å². The summed E-state index contributed by atoms with van der Waals surface area (Å²) >= 11 is 0. The third kappa shape index (κ3) is 4.22. The van der Waals surface area contributed by atoms with Gasteiger partial charge in [-0.1, -0.05) is 36.4 Å². The minimum absolute atomic E-state index is 0.117. The van der Waals surface area contributed by atoms with Gasteiger partial charge < -0.3 is 9.64 Å². The second kappa shape index (κ2) is 8.78. The smallest absolute Gasteiger partial charge is 0.254 e. The number of hydrogen-bond acceptors (Lipinski definition) is 3. The molecule has 1 saturated heterocycles. The molecule has 4 rings (SSSR count). The molecule has 0 atom stereocenters. The summed E-state index contributed by atoms with van der Waals surface area (Å²) in [6, 6.07) is 19.1. The average Bonchev–Trinajstić information content (AvgIpc) is 2.79. The van der Waals surface area contributed by atoms with Crippen LogP contribution in [0.4, 0.5) is 0 Å². The lowest BCUT2D eigenvalue weighted by atomic mass is 9.81. The Morgan fingerprint density at radius 1 is 0.893 bits per heavy atom. The molecule has 2 aliphatic rings. The van der Waals surface area contributed by atoms with Gasteiger partial charge in [0, 0.05) is 37.8 Å². The maximum Gasteiger partial charge on any atom is 0.254 e. The number of nitrogens with zero attached hydrogens (tertiary/aromatic N) is 2. The van der Waals surface area contributed by atoms with Crippen LogP contribution in [0.1, 0.15) is 47.5 Å². The number of amides is 1. The van der Waals surface area contributed by atoms with Crippen molar-refractivity contribution in [1.29, 1.82) is 0 Å². The van der Waals surface area contributed by atoms with Crippen LogP contribution in [0, 0.1) is 0 Å². The van der Waals surface area contributed by atoms with Gasteiger partial charge in [0.25, 0.3) is 5.91 Å². The maximum absolute atomic E-state index is 12.8. The first-order chi connectivity index (χ1) is 13.7. The van der Waals surface area contributed by atoms with Crippen molar-refractivity contribution in [3.63, 3.8) is 0 Å². The Morgan fingerprint density at radius 2 is 1.61 bits per heavy atom. The largest absolute Gasteiger partial charge is 0.497 e. The highest BCUT2D eigenvalue weighted by molar-refractivity contribution is 5.94. The fraction of sp³-hybridized carbons (Fsp3) is 0.458. The summed E-state index contributed by atoms with van der Waals surface area (Å²) in [5.74, 6) is 1.57. The Hall–Kier alpha value is -2.33. The molecular formula is C24H30N2O2. The molecule has 2 fully saturated rings. The van der Waals surface area contributed by atoms with Crippen LogP contribution < -0.4 is 4.74 Å². The molecule has 0 unspecified atom stereocenters. The second-order valence-corrected chi connectivity index (χ2v) is 7.98. The highest BCUT2D eigenvalue weighted by Crippen LogP contribution is 2.35. The molecule has 1 heterocycles. The van der Waals surface area contributed by atoms with E-state index in [1.165, 1.54) is 31.2 Å². The summed E-state index contributed by atoms with van der Waals surface area (Å²) in [4.78, 5) is 17.4. The van der Waals surface area contributed by atoms with Crippen molar-refractivity contribution in [1.82, 2.24) is 9.80 Å². The molecule has 0 N–H and O–H groups in total. The van der Waals surface area contributed by atoms with Crippen molar-refractivity contribution in [3.05, 3.63) is 65.7 Å². The van der Waals surface area contributed by atoms with Crippen molar-refractivity contribution < 1.29 is 9.53 Å². The van der Waals surface area contributed by atoms with Crippen molar-refractivity contribution in [2.45, 2.75) is 37.6 Å². The van der Waals surface area contributed by atoms with Gasteiger partial charge >= 0.3 is 0 Å². The molecular weight excluding hydrogens is 348 g/mol. The third-order valence-electron chi connectivity index (χ3n) is 6.40. The van der Waals surface area contributed by atoms with Gasteiger partial charge in [0.05, 0.1) is 7.11 Å². The average molecular weight is 379 g/mol. The van der Waals surface area contributed by atoms with Crippen LogP contribution >= 0.6 is 0 Å². The normalized spacial score (nSPS) is 23.4. The van der Waals surface area contributed by atoms with Gasteiger partial charge in [0.2, 0.25) is 0 Å². The Bertz CT molecular complexity index is 776. The Kier molecular flexibility index (Phi) is 5.96. The van der Waals surface area contributed by atoms with Crippen LogP contribution in [0.5, 0.6) is 5.75 Å². The number of ether oxygens (including phenoxy) is 1. The standard InChI is InChI=1S/C24H30N2O2/c1-28-23-9-5-8-21(18-23)24(27)26-16-14-25(15-17-26)22-12-10-20(11-13-22)19-6-3-2-4-7-19/h2-9,18,20,22H,10-17H2,1H3. The van der Waals surface area contributed by atoms with Crippen molar-refractivity contribution in [2.24, 2.45) is 0 Å². The summed E-state index contributed by atoms with van der Waals surface area (Å²) in [7, 11) is 1.63. The molecule has 1 saturated carbocycles. The zero-order valence-corrected chi connectivity index (χ0v) is 16.7. The van der Waals surface area contributed by atoms with Crippen LogP contribution in [-0.2, 0) is 0 Å². The molecule has 1 amide bonds. The maximum atomic E-state index is 12.8. The quantitative estimate of drug-likeness (QED) is 0.800. The Balaban J connectivity index is 1.28. The molecule has 28 heavy (non-hydrogen) atoms. The number of hydrogen-bond donors (Lipinski definition) is 0. The van der Waals surface area contributed by atoms with E-state index in [1.807, 2.05) is 29.2 Å². The molecule has 4 nitrogen and oxygen atoms in total. The molecule has 0 bridgehead atoms. The number of rotatable bonds is 4. The molecule has 148 valence electrons. The van der Waals surface area contributed by atoms with Gasteiger partial charge in [0.15, 0.2) is 0 Å². The van der Waals surface area contributed by atoms with E-state index < -0.39 is 0 Å². The van der Waals surface area contributed by atoms with Crippen LogP contribution in [-0.4, -0.2) is 55.0 Å². The minimum atomic E-state index is 0.117. The van der Waals surface area contributed by atoms with Gasteiger partial charge in [-0.15, -0.1) is 0 Å². The topological polar surface area (TPSA) is 32.8 Å². The fourth-order valence-corrected chi connectivity index (χ4v) is 4.73. The summed E-state index contributed by atoms with van der Waals surface area (Å²) in [6.07, 6.45) is 5.09. The lowest BCUT2D eigenvalue weighted by Crippen LogP contribution is -2.52. The van der Waals surface area contributed by atoms with Crippen molar-refractivity contribution in [2.75, 3.05) is 33.3 Å². The van der Waals surface area contributed by atoms with Gasteiger partial charge in [-0.25, -0.2) is 0 Å². The van der Waals surface area contributed by atoms with E-state index in [4.69, 9.17) is 4.74 Å². The van der Waals surface area contributed by atoms with Gasteiger partial charge in [-0.3, -0.25) is 9.69 Å². The number of piperazine rings is 1. The number of carbonyl (C=O) groups excluding carboxylic acids is 1. The Labute approximate surface area is 168 Å². The number of methoxy groups -OCH3 is 1. The lowest BCUT2D eigenvalue weighted by Gasteiger charge is -2.42. The van der Waals surface area contributed by atoms with E-state index >= 15 is 0 Å². The predicted octanol–water partition coefficient (Wildman–Crippen LogP) is 4.18. The van der Waals surface area contributed by atoms with Crippen LogP contribution in [0.2, 0.25) is 0 Å².